The lowest BCUT2D eigenvalue weighted by Gasteiger charge is -2.25. The minimum Gasteiger partial charge on any atom is -0.315 e. The first kappa shape index (κ1) is 17.6. The number of nitrogens with zero attached hydrogens (tertiary/aromatic N) is 1. The van der Waals surface area contributed by atoms with Gasteiger partial charge in [0.25, 0.3) is 10.0 Å². The van der Waals surface area contributed by atoms with Crippen LogP contribution >= 0.6 is 11.3 Å². The monoisotopic (exact) mass is 318 g/mol. The summed E-state index contributed by atoms with van der Waals surface area (Å²) in [5, 5.41) is 3.04. The van der Waals surface area contributed by atoms with E-state index in [1.807, 2.05) is 27.0 Å². The maximum atomic E-state index is 12.7. The quantitative estimate of drug-likeness (QED) is 0.712. The molecular formula is C14H26N2O2S2. The number of rotatable bonds is 9. The van der Waals surface area contributed by atoms with Crippen LogP contribution in [0.1, 0.15) is 44.9 Å². The number of unbranched alkanes of at least 4 members (excludes halogenated alkanes) is 2. The van der Waals surface area contributed by atoms with Crippen LogP contribution in [0.15, 0.2) is 16.3 Å². The van der Waals surface area contributed by atoms with Gasteiger partial charge in [0.15, 0.2) is 0 Å². The van der Waals surface area contributed by atoms with Crippen LogP contribution in [-0.4, -0.2) is 32.4 Å². The number of hydrogen-bond donors (Lipinski definition) is 1. The minimum absolute atomic E-state index is 0.00768. The van der Waals surface area contributed by atoms with Crippen molar-refractivity contribution < 1.29 is 8.42 Å². The van der Waals surface area contributed by atoms with E-state index < -0.39 is 10.0 Å². The Bertz CT molecular complexity index is 495. The normalized spacial score (nSPS) is 12.5. The lowest BCUT2D eigenvalue weighted by Crippen LogP contribution is -2.37. The van der Waals surface area contributed by atoms with Crippen molar-refractivity contribution in [2.45, 2.75) is 56.8 Å². The number of thiophene rings is 1. The predicted octanol–water partition coefficient (Wildman–Crippen LogP) is 3.06. The second kappa shape index (κ2) is 8.12. The second-order valence-electron chi connectivity index (χ2n) is 5.17. The fourth-order valence-corrected chi connectivity index (χ4v) is 5.23. The zero-order valence-electron chi connectivity index (χ0n) is 12.8. The fourth-order valence-electron chi connectivity index (χ4n) is 2.06. The van der Waals surface area contributed by atoms with E-state index in [2.05, 4.69) is 12.2 Å². The van der Waals surface area contributed by atoms with E-state index in [-0.39, 0.29) is 6.04 Å². The molecule has 0 atom stereocenters. The average Bonchev–Trinajstić information content (AvgIpc) is 2.83. The predicted molar refractivity (Wildman–Crippen MR) is 85.6 cm³/mol. The van der Waals surface area contributed by atoms with Crippen molar-refractivity contribution in [3.05, 3.63) is 17.0 Å². The van der Waals surface area contributed by atoms with Crippen LogP contribution in [-0.2, 0) is 16.6 Å². The Morgan fingerprint density at radius 1 is 1.30 bits per heavy atom. The molecule has 0 aliphatic heterocycles. The summed E-state index contributed by atoms with van der Waals surface area (Å²) in [6, 6.07) is 3.60. The standard InChI is InChI=1S/C14H26N2O2S2/c1-5-6-7-10-16(12(2)3)20(17,18)14-9-8-13(19-14)11-15-4/h8-9,12,15H,5-7,10-11H2,1-4H3. The molecule has 0 aliphatic rings. The van der Waals surface area contributed by atoms with Crippen molar-refractivity contribution in [3.63, 3.8) is 0 Å². The fraction of sp³-hybridized carbons (Fsp3) is 0.714. The molecule has 0 unspecified atom stereocenters. The minimum atomic E-state index is -3.35. The Morgan fingerprint density at radius 2 is 2.00 bits per heavy atom. The lowest BCUT2D eigenvalue weighted by atomic mass is 10.2. The average molecular weight is 319 g/mol. The van der Waals surface area contributed by atoms with Crippen molar-refractivity contribution in [1.82, 2.24) is 9.62 Å². The number of sulfonamides is 1. The molecule has 0 saturated heterocycles. The van der Waals surface area contributed by atoms with Gasteiger partial charge in [-0.15, -0.1) is 11.3 Å². The molecule has 0 spiro atoms. The molecule has 1 aromatic rings. The summed E-state index contributed by atoms with van der Waals surface area (Å²) in [6.07, 6.45) is 3.08. The smallest absolute Gasteiger partial charge is 0.252 e. The molecule has 1 N–H and O–H groups in total. The van der Waals surface area contributed by atoms with Gasteiger partial charge in [-0.05, 0) is 39.4 Å². The van der Waals surface area contributed by atoms with Crippen LogP contribution in [0.4, 0.5) is 0 Å². The first-order valence-corrected chi connectivity index (χ1v) is 9.44. The van der Waals surface area contributed by atoms with Crippen molar-refractivity contribution in [2.24, 2.45) is 0 Å². The van der Waals surface area contributed by atoms with Gasteiger partial charge < -0.3 is 5.32 Å². The molecule has 0 fully saturated rings. The number of nitrogens with one attached hydrogen (secondary N) is 1. The molecule has 1 rings (SSSR count). The summed E-state index contributed by atoms with van der Waals surface area (Å²) in [6.45, 7) is 7.31. The van der Waals surface area contributed by atoms with Gasteiger partial charge in [0.1, 0.15) is 4.21 Å². The summed E-state index contributed by atoms with van der Waals surface area (Å²) < 4.78 is 27.5. The first-order chi connectivity index (χ1) is 9.43. The van der Waals surface area contributed by atoms with Gasteiger partial charge in [0.05, 0.1) is 0 Å². The molecule has 0 radical (unpaired) electrons. The molecule has 1 aromatic heterocycles. The highest BCUT2D eigenvalue weighted by atomic mass is 32.2. The zero-order valence-corrected chi connectivity index (χ0v) is 14.5. The Morgan fingerprint density at radius 3 is 2.55 bits per heavy atom. The van der Waals surface area contributed by atoms with E-state index in [1.165, 1.54) is 11.3 Å². The molecule has 20 heavy (non-hydrogen) atoms. The van der Waals surface area contributed by atoms with Crippen molar-refractivity contribution in [1.29, 1.82) is 0 Å². The SMILES string of the molecule is CCCCCN(C(C)C)S(=O)(=O)c1ccc(CNC)s1. The topological polar surface area (TPSA) is 49.4 Å². The molecular weight excluding hydrogens is 292 g/mol. The van der Waals surface area contributed by atoms with Gasteiger partial charge in [-0.1, -0.05) is 19.8 Å². The highest BCUT2D eigenvalue weighted by Crippen LogP contribution is 2.26. The summed E-state index contributed by atoms with van der Waals surface area (Å²) in [5.74, 6) is 0. The molecule has 0 amide bonds. The van der Waals surface area contributed by atoms with Crippen LogP contribution in [0.25, 0.3) is 0 Å². The van der Waals surface area contributed by atoms with E-state index >= 15 is 0 Å². The van der Waals surface area contributed by atoms with Crippen molar-refractivity contribution in [2.75, 3.05) is 13.6 Å². The maximum absolute atomic E-state index is 12.7. The molecule has 0 saturated carbocycles. The van der Waals surface area contributed by atoms with E-state index in [9.17, 15) is 8.42 Å². The molecule has 4 nitrogen and oxygen atoms in total. The molecule has 0 bridgehead atoms. The molecule has 0 aliphatic carbocycles. The zero-order chi connectivity index (χ0) is 15.2. The summed E-state index contributed by atoms with van der Waals surface area (Å²) in [5.41, 5.74) is 0. The summed E-state index contributed by atoms with van der Waals surface area (Å²) >= 11 is 1.36. The Kier molecular flexibility index (Phi) is 7.15. The third kappa shape index (κ3) is 4.55. The van der Waals surface area contributed by atoms with Crippen LogP contribution in [0.3, 0.4) is 0 Å². The Balaban J connectivity index is 2.90. The molecule has 116 valence electrons. The molecule has 6 heteroatoms. The first-order valence-electron chi connectivity index (χ1n) is 7.18. The largest absolute Gasteiger partial charge is 0.315 e. The van der Waals surface area contributed by atoms with E-state index in [0.29, 0.717) is 17.3 Å². The molecule has 0 aromatic carbocycles. The van der Waals surface area contributed by atoms with Gasteiger partial charge in [0, 0.05) is 24.0 Å². The van der Waals surface area contributed by atoms with Crippen LogP contribution in [0.2, 0.25) is 0 Å². The van der Waals surface area contributed by atoms with E-state index in [1.54, 1.807) is 10.4 Å². The third-order valence-corrected chi connectivity index (χ3v) is 6.74. The lowest BCUT2D eigenvalue weighted by molar-refractivity contribution is 0.346. The second-order valence-corrected chi connectivity index (χ2v) is 8.45. The maximum Gasteiger partial charge on any atom is 0.252 e. The van der Waals surface area contributed by atoms with Gasteiger partial charge in [-0.25, -0.2) is 8.42 Å². The van der Waals surface area contributed by atoms with Crippen molar-refractivity contribution >= 4 is 21.4 Å². The van der Waals surface area contributed by atoms with E-state index in [0.717, 1.165) is 24.1 Å². The van der Waals surface area contributed by atoms with Gasteiger partial charge in [-0.2, -0.15) is 4.31 Å². The van der Waals surface area contributed by atoms with Crippen LogP contribution < -0.4 is 5.32 Å². The van der Waals surface area contributed by atoms with Crippen LogP contribution in [0, 0.1) is 0 Å². The van der Waals surface area contributed by atoms with Crippen molar-refractivity contribution in [3.8, 4) is 0 Å². The molecule has 1 heterocycles. The van der Waals surface area contributed by atoms with Gasteiger partial charge in [-0.3, -0.25) is 0 Å². The summed E-state index contributed by atoms with van der Waals surface area (Å²) in [7, 11) is -1.49. The van der Waals surface area contributed by atoms with Gasteiger partial charge >= 0.3 is 0 Å². The van der Waals surface area contributed by atoms with Gasteiger partial charge in [0.2, 0.25) is 0 Å². The van der Waals surface area contributed by atoms with Crippen LogP contribution in [0.5, 0.6) is 0 Å². The highest BCUT2D eigenvalue weighted by molar-refractivity contribution is 7.91. The number of hydrogen-bond acceptors (Lipinski definition) is 4. The Hall–Kier alpha value is -0.430. The van der Waals surface area contributed by atoms with E-state index in [4.69, 9.17) is 0 Å². The highest BCUT2D eigenvalue weighted by Gasteiger charge is 2.27. The Labute approximate surface area is 127 Å². The third-order valence-electron chi connectivity index (χ3n) is 3.11. The summed E-state index contributed by atoms with van der Waals surface area (Å²) in [4.78, 5) is 1.04.